The maximum absolute atomic E-state index is 11.7. The number of amides is 2. The van der Waals surface area contributed by atoms with Crippen LogP contribution in [-0.2, 0) is 9.53 Å². The van der Waals surface area contributed by atoms with E-state index in [1.54, 1.807) is 12.1 Å². The number of benzene rings is 1. The van der Waals surface area contributed by atoms with Crippen molar-refractivity contribution >= 4 is 11.8 Å². The summed E-state index contributed by atoms with van der Waals surface area (Å²) in [4.78, 5) is 23.4. The Morgan fingerprint density at radius 1 is 1.20 bits per heavy atom. The van der Waals surface area contributed by atoms with Crippen LogP contribution in [0.2, 0.25) is 0 Å². The molecule has 0 aromatic heterocycles. The van der Waals surface area contributed by atoms with Gasteiger partial charge in [-0.2, -0.15) is 0 Å². The third-order valence-corrected chi connectivity index (χ3v) is 3.14. The fourth-order valence-corrected chi connectivity index (χ4v) is 1.96. The molecule has 108 valence electrons. The molecule has 3 N–H and O–H groups in total. The molecule has 0 aliphatic carbocycles. The van der Waals surface area contributed by atoms with Gasteiger partial charge in [0.25, 0.3) is 5.91 Å². The number of ether oxygens (including phenoxy) is 1. The van der Waals surface area contributed by atoms with E-state index in [0.29, 0.717) is 31.9 Å². The van der Waals surface area contributed by atoms with E-state index in [2.05, 4.69) is 10.6 Å². The summed E-state index contributed by atoms with van der Waals surface area (Å²) < 4.78 is 5.14. The first-order valence-corrected chi connectivity index (χ1v) is 6.59. The topological polar surface area (TPSA) is 87.7 Å². The van der Waals surface area contributed by atoms with Gasteiger partial charge < -0.3 is 20.5 Å². The van der Waals surface area contributed by atoms with Crippen LogP contribution in [0.4, 0.5) is 0 Å². The number of hydrogen-bond acceptors (Lipinski definition) is 4. The molecule has 1 atom stereocenters. The molecule has 2 amide bonds. The predicted molar refractivity (Wildman–Crippen MR) is 72.4 cm³/mol. The van der Waals surface area contributed by atoms with Crippen LogP contribution in [-0.4, -0.2) is 43.2 Å². The number of rotatable bonds is 5. The summed E-state index contributed by atoms with van der Waals surface area (Å²) in [6, 6.07) is 5.99. The number of phenolic OH excluding ortho intramolecular Hbond substituents is 1. The van der Waals surface area contributed by atoms with E-state index in [9.17, 15) is 9.59 Å². The minimum Gasteiger partial charge on any atom is -0.508 e. The Bertz CT molecular complexity index is 467. The zero-order valence-corrected chi connectivity index (χ0v) is 11.1. The SMILES string of the molecule is O=C(NCCNC(=O)C1CCOC1)c1ccc(O)cc1. The summed E-state index contributed by atoms with van der Waals surface area (Å²) in [7, 11) is 0. The van der Waals surface area contributed by atoms with E-state index in [1.165, 1.54) is 12.1 Å². The molecule has 20 heavy (non-hydrogen) atoms. The summed E-state index contributed by atoms with van der Waals surface area (Å²) in [5.41, 5.74) is 0.471. The average Bonchev–Trinajstić information content (AvgIpc) is 2.98. The van der Waals surface area contributed by atoms with Crippen LogP contribution in [0.25, 0.3) is 0 Å². The first kappa shape index (κ1) is 14.3. The quantitative estimate of drug-likeness (QED) is 0.675. The fraction of sp³-hybridized carbons (Fsp3) is 0.429. The van der Waals surface area contributed by atoms with Crippen LogP contribution < -0.4 is 10.6 Å². The molecule has 1 heterocycles. The summed E-state index contributed by atoms with van der Waals surface area (Å²) in [5.74, 6) is -0.208. The minimum atomic E-state index is -0.233. The Hall–Kier alpha value is -2.08. The van der Waals surface area contributed by atoms with Crippen molar-refractivity contribution in [3.63, 3.8) is 0 Å². The van der Waals surface area contributed by atoms with E-state index < -0.39 is 0 Å². The largest absolute Gasteiger partial charge is 0.508 e. The van der Waals surface area contributed by atoms with Crippen molar-refractivity contribution in [1.82, 2.24) is 10.6 Å². The van der Waals surface area contributed by atoms with E-state index in [-0.39, 0.29) is 23.5 Å². The molecular formula is C14H18N2O4. The van der Waals surface area contributed by atoms with E-state index in [0.717, 1.165) is 6.42 Å². The third-order valence-electron chi connectivity index (χ3n) is 3.14. The summed E-state index contributed by atoms with van der Waals surface area (Å²) >= 11 is 0. The summed E-state index contributed by atoms with van der Waals surface area (Å²) in [6.45, 7) is 1.86. The maximum atomic E-state index is 11.7. The average molecular weight is 278 g/mol. The number of hydrogen-bond donors (Lipinski definition) is 3. The molecule has 6 nitrogen and oxygen atoms in total. The number of aromatic hydroxyl groups is 1. The van der Waals surface area contributed by atoms with Gasteiger partial charge in [0.05, 0.1) is 12.5 Å². The maximum Gasteiger partial charge on any atom is 0.251 e. The molecule has 1 aromatic carbocycles. The van der Waals surface area contributed by atoms with Crippen molar-refractivity contribution in [2.75, 3.05) is 26.3 Å². The van der Waals surface area contributed by atoms with Gasteiger partial charge in [-0.15, -0.1) is 0 Å². The molecule has 0 spiro atoms. The van der Waals surface area contributed by atoms with Crippen LogP contribution in [0.15, 0.2) is 24.3 Å². The number of carbonyl (C=O) groups is 2. The van der Waals surface area contributed by atoms with Crippen molar-refractivity contribution in [2.24, 2.45) is 5.92 Å². The lowest BCUT2D eigenvalue weighted by Gasteiger charge is -2.10. The Morgan fingerprint density at radius 2 is 1.90 bits per heavy atom. The number of phenols is 1. The lowest BCUT2D eigenvalue weighted by molar-refractivity contribution is -0.124. The molecule has 1 unspecified atom stereocenters. The van der Waals surface area contributed by atoms with Gasteiger partial charge in [0, 0.05) is 25.3 Å². The van der Waals surface area contributed by atoms with E-state index in [4.69, 9.17) is 9.84 Å². The molecule has 0 saturated carbocycles. The highest BCUT2D eigenvalue weighted by atomic mass is 16.5. The molecular weight excluding hydrogens is 260 g/mol. The Morgan fingerprint density at radius 3 is 2.55 bits per heavy atom. The van der Waals surface area contributed by atoms with Gasteiger partial charge in [-0.05, 0) is 30.7 Å². The van der Waals surface area contributed by atoms with Crippen LogP contribution in [0.3, 0.4) is 0 Å². The monoisotopic (exact) mass is 278 g/mol. The molecule has 1 aromatic rings. The molecule has 1 saturated heterocycles. The third kappa shape index (κ3) is 3.96. The molecule has 1 aliphatic heterocycles. The van der Waals surface area contributed by atoms with Crippen LogP contribution in [0, 0.1) is 5.92 Å². The molecule has 6 heteroatoms. The highest BCUT2D eigenvalue weighted by Gasteiger charge is 2.22. The molecule has 0 bridgehead atoms. The Labute approximate surface area is 117 Å². The summed E-state index contributed by atoms with van der Waals surface area (Å²) in [5, 5.41) is 14.6. The van der Waals surface area contributed by atoms with Crippen LogP contribution in [0.1, 0.15) is 16.8 Å². The fourth-order valence-electron chi connectivity index (χ4n) is 1.96. The van der Waals surface area contributed by atoms with Crippen LogP contribution in [0.5, 0.6) is 5.75 Å². The highest BCUT2D eigenvalue weighted by Crippen LogP contribution is 2.11. The molecule has 1 aliphatic rings. The van der Waals surface area contributed by atoms with Crippen molar-refractivity contribution in [1.29, 1.82) is 0 Å². The zero-order valence-electron chi connectivity index (χ0n) is 11.1. The van der Waals surface area contributed by atoms with Crippen molar-refractivity contribution < 1.29 is 19.4 Å². The first-order valence-electron chi connectivity index (χ1n) is 6.59. The first-order chi connectivity index (χ1) is 9.66. The zero-order chi connectivity index (χ0) is 14.4. The second kappa shape index (κ2) is 6.91. The normalized spacial score (nSPS) is 17.7. The lowest BCUT2D eigenvalue weighted by Crippen LogP contribution is -2.37. The number of nitrogens with one attached hydrogen (secondary N) is 2. The van der Waals surface area contributed by atoms with Gasteiger partial charge in [-0.3, -0.25) is 9.59 Å². The molecule has 1 fully saturated rings. The van der Waals surface area contributed by atoms with Gasteiger partial charge in [0.1, 0.15) is 5.75 Å². The van der Waals surface area contributed by atoms with Crippen molar-refractivity contribution in [3.8, 4) is 5.75 Å². The van der Waals surface area contributed by atoms with Gasteiger partial charge in [0.2, 0.25) is 5.91 Å². The highest BCUT2D eigenvalue weighted by molar-refractivity contribution is 5.94. The second-order valence-electron chi connectivity index (χ2n) is 4.65. The standard InChI is InChI=1S/C14H18N2O4/c17-12-3-1-10(2-4-12)13(18)15-6-7-16-14(19)11-5-8-20-9-11/h1-4,11,17H,5-9H2,(H,15,18)(H,16,19). The second-order valence-corrected chi connectivity index (χ2v) is 4.65. The van der Waals surface area contributed by atoms with Crippen molar-refractivity contribution in [2.45, 2.75) is 6.42 Å². The lowest BCUT2D eigenvalue weighted by atomic mass is 10.1. The molecule has 0 radical (unpaired) electrons. The predicted octanol–water partition coefficient (Wildman–Crippen LogP) is 0.275. The van der Waals surface area contributed by atoms with E-state index >= 15 is 0 Å². The van der Waals surface area contributed by atoms with Gasteiger partial charge >= 0.3 is 0 Å². The van der Waals surface area contributed by atoms with Gasteiger partial charge in [-0.1, -0.05) is 0 Å². The Kier molecular flexibility index (Phi) is 4.95. The number of carbonyl (C=O) groups excluding carboxylic acids is 2. The van der Waals surface area contributed by atoms with E-state index in [1.807, 2.05) is 0 Å². The van der Waals surface area contributed by atoms with Gasteiger partial charge in [-0.25, -0.2) is 0 Å². The smallest absolute Gasteiger partial charge is 0.251 e. The van der Waals surface area contributed by atoms with Crippen molar-refractivity contribution in [3.05, 3.63) is 29.8 Å². The van der Waals surface area contributed by atoms with Gasteiger partial charge in [0.15, 0.2) is 0 Å². The summed E-state index contributed by atoms with van der Waals surface area (Å²) in [6.07, 6.45) is 0.756. The molecule has 2 rings (SSSR count). The van der Waals surface area contributed by atoms with Crippen LogP contribution >= 0.6 is 0 Å². The Balaban J connectivity index is 1.66. The minimum absolute atomic E-state index is 0.0265.